The molecule has 0 amide bonds. The van der Waals surface area contributed by atoms with Crippen molar-refractivity contribution in [2.75, 3.05) is 19.8 Å². The minimum absolute atomic E-state index is 0.136. The van der Waals surface area contributed by atoms with Gasteiger partial charge in [-0.15, -0.1) is 0 Å². The van der Waals surface area contributed by atoms with Crippen molar-refractivity contribution in [1.82, 2.24) is 19.9 Å². The fourth-order valence-corrected chi connectivity index (χ4v) is 18.9. The molecule has 128 heavy (non-hydrogen) atoms. The number of fused-ring (bicyclic) bond motifs is 8. The summed E-state index contributed by atoms with van der Waals surface area (Å²) in [7, 11) is 0. The number of ketones is 12. The Morgan fingerprint density at radius 2 is 0.477 bits per heavy atom. The average molecular weight is 1790 g/mol. The second-order valence-corrected chi connectivity index (χ2v) is 32.3. The van der Waals surface area contributed by atoms with Gasteiger partial charge in [-0.2, -0.15) is 26.3 Å². The van der Waals surface area contributed by atoms with Gasteiger partial charge in [0.05, 0.1) is 53.7 Å². The van der Waals surface area contributed by atoms with Crippen LogP contribution in [0.4, 0.5) is 26.3 Å². The highest BCUT2D eigenvalue weighted by molar-refractivity contribution is 6.14. The van der Waals surface area contributed by atoms with Crippen molar-refractivity contribution >= 4 is 116 Å². The summed E-state index contributed by atoms with van der Waals surface area (Å²) in [5.74, 6) is -33.2. The summed E-state index contributed by atoms with van der Waals surface area (Å²) in [6.07, 6.45) is -6.22. The van der Waals surface area contributed by atoms with E-state index in [2.05, 4.69) is 9.97 Å². The Bertz CT molecular complexity index is 6120. The lowest BCUT2D eigenvalue weighted by Crippen LogP contribution is -2.92. The van der Waals surface area contributed by atoms with Gasteiger partial charge in [-0.05, 0) is 172 Å². The Morgan fingerprint density at radius 3 is 0.648 bits per heavy atom. The number of hydrogen-bond donors (Lipinski definition) is 17. The van der Waals surface area contributed by atoms with Gasteiger partial charge in [0.2, 0.25) is 67.8 Å². The van der Waals surface area contributed by atoms with Gasteiger partial charge in [0.15, 0.2) is 86.2 Å². The number of rotatable bonds is 22. The number of nitrogens with zero attached hydrogens (tertiary/aromatic N) is 2. The lowest BCUT2D eigenvalue weighted by Gasteiger charge is -2.64. The maximum atomic E-state index is 15.2. The predicted molar refractivity (Wildman–Crippen MR) is 428 cm³/mol. The number of carbonyl (C=O) groups is 12. The van der Waals surface area contributed by atoms with Crippen molar-refractivity contribution in [2.24, 2.45) is 0 Å². The molecule has 8 bridgehead atoms. The molecule has 0 unspecified atom stereocenters. The molecule has 3 aromatic heterocycles. The van der Waals surface area contributed by atoms with Crippen LogP contribution in [0.15, 0.2) is 115 Å². The molecular weight excluding hydrogens is 1710 g/mol. The minimum Gasteiger partial charge on any atom is -0.393 e. The molecule has 3 saturated heterocycles. The van der Waals surface area contributed by atoms with E-state index in [-0.39, 0.29) is 73.1 Å². The Morgan fingerprint density at radius 1 is 0.281 bits per heavy atom. The van der Waals surface area contributed by atoms with Crippen LogP contribution in [-0.2, 0) is 101 Å². The fourth-order valence-electron chi connectivity index (χ4n) is 18.9. The molecular formula is C88H82F6N4O30. The van der Waals surface area contributed by atoms with Gasteiger partial charge in [-0.25, -0.2) is 9.97 Å². The van der Waals surface area contributed by atoms with Crippen LogP contribution in [0.3, 0.4) is 0 Å². The number of H-pyrrole nitrogens is 2. The van der Waals surface area contributed by atoms with Gasteiger partial charge in [0.1, 0.15) is 0 Å². The van der Waals surface area contributed by atoms with Crippen molar-refractivity contribution < 1.29 is 175 Å². The SMILES string of the molecule is CC(=O)[C@]1(O)[C@@](O)(C(C)=O)[C@](CO)(C(C)=O)O[C@@](O)(c2ccc(-c3c4nc(c(-c5ccc([C@]6(O)O[C@@](CO)(C(C)=O)[C@](O)(C(C)=O)[C@@](O)(C(C)=O)[C@@]6(O)C(C)=O)cc5)c5ccc([nH]5)c(-c5cc(C(F)(F)F)cc(C(F)(F)F)c5)c5nc(c(-c6ccc([C@]7(O)O[C@@](CO)(C(C)=O)[C@](O)(C(C)=O)[C@@](O)(C(C)=O)[C@@]7(O)C(C)=O)cc6)c6ccc3[nH]6)C=C5)C=C4)cc2)[C@]1(O)C(C)=O. The lowest BCUT2D eigenvalue weighted by atomic mass is 9.53. The largest absolute Gasteiger partial charge is 0.416 e. The first-order valence-electron chi connectivity index (χ1n) is 38.5. The quantitative estimate of drug-likeness (QED) is 0.0434. The fraction of sp³-hybridized carbons (Fsp3) is 0.364. The zero-order valence-electron chi connectivity index (χ0n) is 69.4. The molecule has 0 spiro atoms. The number of Topliss-reactive ketones (excluding diaryl/α,β-unsaturated/α-hetero) is 12. The van der Waals surface area contributed by atoms with Gasteiger partial charge < -0.3 is 101 Å². The van der Waals surface area contributed by atoms with Crippen molar-refractivity contribution in [3.05, 3.63) is 166 Å². The summed E-state index contributed by atoms with van der Waals surface area (Å²) in [5.41, 5.74) is -60.3. The molecule has 34 nitrogen and oxygen atoms in total. The summed E-state index contributed by atoms with van der Waals surface area (Å²) < 4.78 is 109. The van der Waals surface area contributed by atoms with Gasteiger partial charge in [-0.1, -0.05) is 72.8 Å². The third-order valence-corrected chi connectivity index (χ3v) is 25.6. The predicted octanol–water partition coefficient (Wildman–Crippen LogP) is 2.73. The number of aromatic amines is 2. The van der Waals surface area contributed by atoms with Crippen molar-refractivity contribution in [2.45, 2.75) is 180 Å². The van der Waals surface area contributed by atoms with E-state index < -0.39 is 236 Å². The van der Waals surface area contributed by atoms with Gasteiger partial charge >= 0.3 is 12.4 Å². The number of ether oxygens (including phenoxy) is 3. The molecule has 5 aliphatic heterocycles. The molecule has 0 radical (unpaired) electrons. The highest BCUT2D eigenvalue weighted by atomic mass is 19.4. The molecule has 0 saturated carbocycles. The monoisotopic (exact) mass is 1790 g/mol. The summed E-state index contributed by atoms with van der Waals surface area (Å²) in [6, 6.07) is 16.7. The summed E-state index contributed by atoms with van der Waals surface area (Å²) in [4.78, 5) is 183. The molecule has 5 aliphatic rings. The van der Waals surface area contributed by atoms with E-state index in [0.29, 0.717) is 95.2 Å². The van der Waals surface area contributed by atoms with E-state index in [0.717, 1.165) is 84.9 Å². The smallest absolute Gasteiger partial charge is 0.393 e. The van der Waals surface area contributed by atoms with Crippen LogP contribution in [0.5, 0.6) is 0 Å². The highest BCUT2D eigenvalue weighted by Crippen LogP contribution is 2.63. The van der Waals surface area contributed by atoms with Gasteiger partial charge in [-0.3, -0.25) is 57.5 Å². The standard InChI is InChI=1S/C88H82F6N4O30/c1-39(102)72(36-99)75(114,42(4)105)78(117,45(7)108)81(120,48(10)111)84(123,126-72)55-19-13-51(14-20-55)68-60-25-27-62(95-60)69(52-15-21-56(22-16-52)85(124)82(121,49(11)112)79(118,46(8)109)76(115,43(5)106)73(37-100,127-85)40(2)103)64-29-31-66(97-64)71(54-33-58(87(89,90)91)35-59(34-54)88(92,93)94)67-32-30-65(98-67)70(63-28-26-61(68)96-63)53-17-23-57(24-18-53)86(125)83(122,50(12)113)80(119,47(9)110)77(116,44(6)107)74(38-101,128-86)41(3)104/h13-35,95,98-101,114-125H,36-38H2,1-12H3/t72-,73-,74-,75+,76+,77+,78-,79-,80-,81-,82-,83-,84-,85-,86-/m0/s1. The average Bonchev–Trinajstić information content (AvgIpc) is 0.739. The molecule has 12 rings (SSSR count). The van der Waals surface area contributed by atoms with E-state index in [1.54, 1.807) is 0 Å². The second-order valence-electron chi connectivity index (χ2n) is 32.3. The van der Waals surface area contributed by atoms with E-state index >= 15 is 26.3 Å². The molecule has 17 N–H and O–H groups in total. The van der Waals surface area contributed by atoms with Crippen LogP contribution in [-0.4, -0.2) is 253 Å². The van der Waals surface area contributed by atoms with Crippen LogP contribution in [0, 0.1) is 0 Å². The van der Waals surface area contributed by atoms with Crippen molar-refractivity contribution in [1.29, 1.82) is 0 Å². The third kappa shape index (κ3) is 11.9. The van der Waals surface area contributed by atoms with Crippen LogP contribution in [0.2, 0.25) is 0 Å². The van der Waals surface area contributed by atoms with Crippen LogP contribution < -0.4 is 0 Å². The second kappa shape index (κ2) is 30.5. The van der Waals surface area contributed by atoms with E-state index in [1.165, 1.54) is 36.4 Å². The number of aromatic nitrogens is 4. The van der Waals surface area contributed by atoms with Crippen LogP contribution in [0.1, 0.15) is 134 Å². The molecule has 40 heteroatoms. The Hall–Kier alpha value is -11.6. The van der Waals surface area contributed by atoms with Crippen molar-refractivity contribution in [3.8, 4) is 44.5 Å². The lowest BCUT2D eigenvalue weighted by molar-refractivity contribution is -0.433. The number of aliphatic hydroxyl groups excluding tert-OH is 3. The first-order chi connectivity index (χ1) is 58.9. The van der Waals surface area contributed by atoms with Crippen molar-refractivity contribution in [3.63, 3.8) is 0 Å². The van der Waals surface area contributed by atoms with Gasteiger partial charge in [0, 0.05) is 61.0 Å². The molecule has 676 valence electrons. The first kappa shape index (κ1) is 95.5. The Balaban J connectivity index is 1.23. The number of aliphatic hydroxyl groups is 15. The first-order valence-corrected chi connectivity index (χ1v) is 38.5. The number of hydrogen-bond acceptors (Lipinski definition) is 32. The summed E-state index contributed by atoms with van der Waals surface area (Å²) in [5, 5.41) is 185. The molecule has 4 aromatic carbocycles. The van der Waals surface area contributed by atoms with E-state index in [9.17, 15) is 134 Å². The maximum Gasteiger partial charge on any atom is 0.416 e. The van der Waals surface area contributed by atoms with E-state index in [4.69, 9.17) is 24.2 Å². The normalized spacial score (nSPS) is 31.6. The van der Waals surface area contributed by atoms with E-state index in [1.807, 2.05) is 0 Å². The number of halogens is 6. The Kier molecular flexibility index (Phi) is 22.8. The molecule has 0 aliphatic carbocycles. The molecule has 8 heterocycles. The summed E-state index contributed by atoms with van der Waals surface area (Å²) >= 11 is 0. The summed E-state index contributed by atoms with van der Waals surface area (Å²) in [6.45, 7) is 0.303. The highest BCUT2D eigenvalue weighted by Gasteiger charge is 2.91. The zero-order valence-corrected chi connectivity index (χ0v) is 69.4. The number of alkyl halides is 6. The molecule has 7 aromatic rings. The zero-order chi connectivity index (χ0) is 95.9. The molecule has 15 atom stereocenters. The topological polar surface area (TPSA) is 593 Å². The maximum absolute atomic E-state index is 15.2. The van der Waals surface area contributed by atoms with Gasteiger partial charge in [0.25, 0.3) is 0 Å². The Labute approximate surface area is 717 Å². The number of benzene rings is 4. The number of nitrogens with one attached hydrogen (secondary N) is 2. The molecule has 3 fully saturated rings. The minimum atomic E-state index is -5.53. The third-order valence-electron chi connectivity index (χ3n) is 25.6. The van der Waals surface area contributed by atoms with Crippen LogP contribution >= 0.6 is 0 Å². The number of carbonyl (C=O) groups excluding carboxylic acids is 12. The van der Waals surface area contributed by atoms with Crippen LogP contribution in [0.25, 0.3) is 90.9 Å².